The van der Waals surface area contributed by atoms with Crippen LogP contribution in [-0.4, -0.2) is 17.9 Å². The molecule has 1 aliphatic heterocycles. The molecule has 1 heterocycles. The average Bonchev–Trinajstić information content (AvgIpc) is 2.91. The summed E-state index contributed by atoms with van der Waals surface area (Å²) < 4.78 is 0. The molecule has 1 atom stereocenters. The molecule has 0 saturated heterocycles. The number of benzene rings is 3. The highest BCUT2D eigenvalue weighted by molar-refractivity contribution is 6.34. The van der Waals surface area contributed by atoms with Crippen LogP contribution in [0.3, 0.4) is 0 Å². The van der Waals surface area contributed by atoms with Crippen LogP contribution in [0.5, 0.6) is 0 Å². The van der Waals surface area contributed by atoms with Gasteiger partial charge in [0.05, 0.1) is 16.4 Å². The minimum Gasteiger partial charge on any atom is -0.323 e. The van der Waals surface area contributed by atoms with Gasteiger partial charge in [0, 0.05) is 10.9 Å². The summed E-state index contributed by atoms with van der Waals surface area (Å²) in [5.41, 5.74) is 1.92. The van der Waals surface area contributed by atoms with Crippen molar-refractivity contribution in [1.82, 2.24) is 0 Å². The molecule has 1 N–H and O–H groups in total. The van der Waals surface area contributed by atoms with Gasteiger partial charge in [-0.15, -0.1) is 0 Å². The molecule has 0 saturated carbocycles. The first-order valence-electron chi connectivity index (χ1n) is 7.98. The molecule has 4 rings (SSSR count). The third-order valence-electron chi connectivity index (χ3n) is 4.49. The Morgan fingerprint density at radius 3 is 2.52 bits per heavy atom. The van der Waals surface area contributed by atoms with Crippen LogP contribution < -0.4 is 10.2 Å². The number of carbonyl (C=O) groups excluding carboxylic acids is 2. The summed E-state index contributed by atoms with van der Waals surface area (Å²) in [6.45, 7) is 1.72. The fraction of sp³-hybridized carbons (Fsp3) is 0.100. The van der Waals surface area contributed by atoms with Gasteiger partial charge >= 0.3 is 0 Å². The molecule has 0 bridgehead atoms. The zero-order chi connectivity index (χ0) is 17.6. The Hall–Kier alpha value is -2.85. The van der Waals surface area contributed by atoms with Crippen molar-refractivity contribution in [3.63, 3.8) is 0 Å². The van der Waals surface area contributed by atoms with Gasteiger partial charge in [-0.05, 0) is 36.6 Å². The van der Waals surface area contributed by atoms with E-state index < -0.39 is 6.04 Å². The second-order valence-electron chi connectivity index (χ2n) is 6.00. The maximum atomic E-state index is 12.9. The van der Waals surface area contributed by atoms with E-state index in [-0.39, 0.29) is 11.8 Å². The van der Waals surface area contributed by atoms with Crippen LogP contribution in [0.25, 0.3) is 10.8 Å². The second-order valence-corrected chi connectivity index (χ2v) is 6.41. The molecular weight excluding hydrogens is 336 g/mol. The summed E-state index contributed by atoms with van der Waals surface area (Å²) >= 11 is 6.10. The Morgan fingerprint density at radius 1 is 1.04 bits per heavy atom. The van der Waals surface area contributed by atoms with Crippen molar-refractivity contribution < 1.29 is 9.59 Å². The highest BCUT2D eigenvalue weighted by atomic mass is 35.5. The summed E-state index contributed by atoms with van der Waals surface area (Å²) in [5, 5.41) is 5.15. The first-order valence-corrected chi connectivity index (χ1v) is 8.36. The van der Waals surface area contributed by atoms with Gasteiger partial charge in [-0.25, -0.2) is 0 Å². The van der Waals surface area contributed by atoms with Crippen LogP contribution in [0.15, 0.2) is 60.7 Å². The highest BCUT2D eigenvalue weighted by Gasteiger charge is 2.35. The third kappa shape index (κ3) is 2.46. The lowest BCUT2D eigenvalue weighted by atomic mass is 10.1. The number of para-hydroxylation sites is 1. The number of nitrogens with one attached hydrogen (secondary N) is 1. The topological polar surface area (TPSA) is 49.4 Å². The standard InChI is InChI=1S/C20H15ClN2O2/c1-12(19(24)22-16-10-3-2-9-15(16)21)23-17-11-5-7-13-6-4-8-14(18(13)17)20(23)25/h2-12H,1H3,(H,22,24)/t12-/m0/s1. The highest BCUT2D eigenvalue weighted by Crippen LogP contribution is 2.38. The summed E-state index contributed by atoms with van der Waals surface area (Å²) in [6.07, 6.45) is 0. The first kappa shape index (κ1) is 15.7. The Labute approximate surface area is 150 Å². The molecular formula is C20H15ClN2O2. The van der Waals surface area contributed by atoms with Crippen molar-refractivity contribution in [2.75, 3.05) is 10.2 Å². The number of hydrogen-bond donors (Lipinski definition) is 1. The Bertz CT molecular complexity index is 1010. The van der Waals surface area contributed by atoms with Crippen LogP contribution in [0.1, 0.15) is 17.3 Å². The van der Waals surface area contributed by atoms with Gasteiger partial charge in [0.15, 0.2) is 0 Å². The normalized spacial score (nSPS) is 14.0. The van der Waals surface area contributed by atoms with Gasteiger partial charge in [-0.2, -0.15) is 0 Å². The molecule has 124 valence electrons. The SMILES string of the molecule is C[C@@H](C(=O)Nc1ccccc1Cl)N1C(=O)c2cccc3cccc1c23. The van der Waals surface area contributed by atoms with Gasteiger partial charge in [-0.3, -0.25) is 14.5 Å². The Kier molecular flexibility index (Phi) is 3.70. The molecule has 25 heavy (non-hydrogen) atoms. The van der Waals surface area contributed by atoms with Gasteiger partial charge in [0.2, 0.25) is 5.91 Å². The molecule has 2 amide bonds. The second kappa shape index (κ2) is 5.90. The lowest BCUT2D eigenvalue weighted by Gasteiger charge is -2.25. The lowest BCUT2D eigenvalue weighted by molar-refractivity contribution is -0.117. The monoisotopic (exact) mass is 350 g/mol. The van der Waals surface area contributed by atoms with Gasteiger partial charge < -0.3 is 5.32 Å². The summed E-state index contributed by atoms with van der Waals surface area (Å²) in [4.78, 5) is 27.1. The van der Waals surface area contributed by atoms with Crippen molar-refractivity contribution in [1.29, 1.82) is 0 Å². The molecule has 5 heteroatoms. The van der Waals surface area contributed by atoms with Crippen molar-refractivity contribution in [3.8, 4) is 0 Å². The number of carbonyl (C=O) groups is 2. The van der Waals surface area contributed by atoms with Crippen LogP contribution in [0, 0.1) is 0 Å². The van der Waals surface area contributed by atoms with E-state index in [9.17, 15) is 9.59 Å². The maximum absolute atomic E-state index is 12.9. The molecule has 1 aliphatic rings. The fourth-order valence-corrected chi connectivity index (χ4v) is 3.42. The molecule has 4 nitrogen and oxygen atoms in total. The Morgan fingerprint density at radius 2 is 1.76 bits per heavy atom. The summed E-state index contributed by atoms with van der Waals surface area (Å²) in [6, 6.07) is 17.7. The van der Waals surface area contributed by atoms with E-state index in [2.05, 4.69) is 5.32 Å². The number of nitrogens with zero attached hydrogens (tertiary/aromatic N) is 1. The van der Waals surface area contributed by atoms with Crippen LogP contribution in [-0.2, 0) is 4.79 Å². The van der Waals surface area contributed by atoms with E-state index in [4.69, 9.17) is 11.6 Å². The average molecular weight is 351 g/mol. The van der Waals surface area contributed by atoms with Crippen molar-refractivity contribution in [2.24, 2.45) is 0 Å². The molecule has 0 fully saturated rings. The van der Waals surface area contributed by atoms with Crippen molar-refractivity contribution in [3.05, 3.63) is 71.2 Å². The van der Waals surface area contributed by atoms with E-state index in [1.54, 1.807) is 42.2 Å². The van der Waals surface area contributed by atoms with Crippen LogP contribution in [0.4, 0.5) is 11.4 Å². The smallest absolute Gasteiger partial charge is 0.259 e. The minimum absolute atomic E-state index is 0.159. The minimum atomic E-state index is -0.665. The Balaban J connectivity index is 1.69. The largest absolute Gasteiger partial charge is 0.323 e. The molecule has 3 aromatic rings. The lowest BCUT2D eigenvalue weighted by Crippen LogP contribution is -2.44. The van der Waals surface area contributed by atoms with E-state index in [0.29, 0.717) is 16.3 Å². The van der Waals surface area contributed by atoms with Crippen LogP contribution in [0.2, 0.25) is 5.02 Å². The number of anilines is 2. The molecule has 0 radical (unpaired) electrons. The quantitative estimate of drug-likeness (QED) is 0.757. The maximum Gasteiger partial charge on any atom is 0.259 e. The molecule has 0 unspecified atom stereocenters. The number of rotatable bonds is 3. The first-order chi connectivity index (χ1) is 12.1. The van der Waals surface area contributed by atoms with Crippen molar-refractivity contribution in [2.45, 2.75) is 13.0 Å². The van der Waals surface area contributed by atoms with Gasteiger partial charge in [-0.1, -0.05) is 48.0 Å². The molecule has 0 aromatic heterocycles. The molecule has 0 spiro atoms. The van der Waals surface area contributed by atoms with E-state index in [1.165, 1.54) is 0 Å². The van der Waals surface area contributed by atoms with Crippen molar-refractivity contribution >= 4 is 45.6 Å². The number of halogens is 1. The van der Waals surface area contributed by atoms with Crippen LogP contribution >= 0.6 is 11.6 Å². The summed E-state index contributed by atoms with van der Waals surface area (Å²) in [7, 11) is 0. The predicted molar refractivity (Wildman–Crippen MR) is 100 cm³/mol. The molecule has 0 aliphatic carbocycles. The number of amides is 2. The van der Waals surface area contributed by atoms with E-state index in [0.717, 1.165) is 16.5 Å². The van der Waals surface area contributed by atoms with E-state index >= 15 is 0 Å². The van der Waals surface area contributed by atoms with Gasteiger partial charge in [0.1, 0.15) is 6.04 Å². The zero-order valence-electron chi connectivity index (χ0n) is 13.5. The zero-order valence-corrected chi connectivity index (χ0v) is 14.2. The van der Waals surface area contributed by atoms with E-state index in [1.807, 2.05) is 30.3 Å². The van der Waals surface area contributed by atoms with Gasteiger partial charge in [0.25, 0.3) is 5.91 Å². The fourth-order valence-electron chi connectivity index (χ4n) is 3.24. The summed E-state index contributed by atoms with van der Waals surface area (Å²) in [5.74, 6) is -0.445. The number of hydrogen-bond acceptors (Lipinski definition) is 2. The third-order valence-corrected chi connectivity index (χ3v) is 4.82. The predicted octanol–water partition coefficient (Wildman–Crippen LogP) is 4.48. The molecule has 3 aromatic carbocycles.